The number of nitrogens with zero attached hydrogens (tertiary/aromatic N) is 1. The first-order valence-electron chi connectivity index (χ1n) is 10.6. The smallest absolute Gasteiger partial charge is 0.257 e. The van der Waals surface area contributed by atoms with E-state index in [9.17, 15) is 19.5 Å². The molecule has 1 aliphatic carbocycles. The van der Waals surface area contributed by atoms with E-state index in [0.29, 0.717) is 0 Å². The van der Waals surface area contributed by atoms with Gasteiger partial charge in [-0.05, 0) is 41.5 Å². The van der Waals surface area contributed by atoms with Gasteiger partial charge in [-0.1, -0.05) is 44.2 Å². The molecular weight excluding hydrogens is 406 g/mol. The van der Waals surface area contributed by atoms with Crippen LogP contribution in [0.4, 0.5) is 17.1 Å². The van der Waals surface area contributed by atoms with Crippen molar-refractivity contribution >= 4 is 23.0 Å². The van der Waals surface area contributed by atoms with E-state index in [1.165, 1.54) is 16.5 Å². The largest absolute Gasteiger partial charge is 0.505 e. The van der Waals surface area contributed by atoms with Crippen LogP contribution >= 0.6 is 0 Å². The highest BCUT2D eigenvalue weighted by Gasteiger charge is 2.37. The van der Waals surface area contributed by atoms with Crippen molar-refractivity contribution in [1.82, 2.24) is 4.90 Å². The Bertz CT molecular complexity index is 1270. The quantitative estimate of drug-likeness (QED) is 0.420. The van der Waals surface area contributed by atoms with Gasteiger partial charge in [-0.2, -0.15) is 0 Å². The number of phenols is 1. The second kappa shape index (κ2) is 7.82. The van der Waals surface area contributed by atoms with Crippen LogP contribution in [0.3, 0.4) is 0 Å². The lowest BCUT2D eigenvalue weighted by Gasteiger charge is -2.41. The molecule has 32 heavy (non-hydrogen) atoms. The Labute approximate surface area is 186 Å². The number of benzene rings is 2. The molecule has 0 saturated carbocycles. The Balaban J connectivity index is 1.68. The number of hydrogen-bond donors (Lipinski definition) is 3. The molecule has 0 fully saturated rings. The van der Waals surface area contributed by atoms with Gasteiger partial charge >= 0.3 is 0 Å². The molecule has 1 atom stereocenters. The van der Waals surface area contributed by atoms with Crippen LogP contribution in [0.1, 0.15) is 47.8 Å². The van der Waals surface area contributed by atoms with Crippen LogP contribution < -0.4 is 21.5 Å². The molecule has 4 rings (SSSR count). The number of hydrogen-bond acceptors (Lipinski definition) is 6. The second-order valence-corrected chi connectivity index (χ2v) is 9.20. The predicted molar refractivity (Wildman–Crippen MR) is 126 cm³/mol. The summed E-state index contributed by atoms with van der Waals surface area (Å²) in [7, 11) is 3.18. The van der Waals surface area contributed by atoms with Crippen LogP contribution in [0.2, 0.25) is 0 Å². The molecule has 0 aromatic heterocycles. The van der Waals surface area contributed by atoms with Gasteiger partial charge in [-0.3, -0.25) is 14.4 Å². The molecule has 0 aliphatic heterocycles. The summed E-state index contributed by atoms with van der Waals surface area (Å²) in [5.41, 5.74) is 1.56. The number of rotatable bonds is 5. The minimum Gasteiger partial charge on any atom is -0.505 e. The number of aryl methyl sites for hydroxylation is 1. The highest BCUT2D eigenvalue weighted by molar-refractivity contribution is 5.99. The van der Waals surface area contributed by atoms with Crippen LogP contribution in [0, 0.1) is 5.41 Å². The minimum atomic E-state index is -0.655. The maximum atomic E-state index is 12.5. The summed E-state index contributed by atoms with van der Waals surface area (Å²) in [5, 5.41) is 16.8. The zero-order valence-corrected chi connectivity index (χ0v) is 18.7. The molecule has 0 radical (unpaired) electrons. The van der Waals surface area contributed by atoms with Crippen molar-refractivity contribution in [2.24, 2.45) is 5.41 Å². The van der Waals surface area contributed by atoms with E-state index in [1.807, 2.05) is 12.1 Å². The molecule has 166 valence electrons. The summed E-state index contributed by atoms with van der Waals surface area (Å²) in [5.74, 6) is -0.636. The lowest BCUT2D eigenvalue weighted by Crippen LogP contribution is -2.41. The fourth-order valence-corrected chi connectivity index (χ4v) is 4.32. The van der Waals surface area contributed by atoms with Gasteiger partial charge in [0.05, 0.1) is 17.3 Å². The fourth-order valence-electron chi connectivity index (χ4n) is 4.32. The third-order valence-corrected chi connectivity index (χ3v) is 6.32. The molecule has 3 aromatic rings. The average Bonchev–Trinajstić information content (AvgIpc) is 2.77. The second-order valence-electron chi connectivity index (χ2n) is 9.20. The Morgan fingerprint density at radius 3 is 2.44 bits per heavy atom. The SMILES string of the molecule is CN(C)C(=O)c1cccc(Nc2c(NC3c4ccccc4CCC3(C)C)c(=O)c2=O)c1O. The van der Waals surface area contributed by atoms with Gasteiger partial charge in [0.2, 0.25) is 0 Å². The molecule has 1 amide bonds. The van der Waals surface area contributed by atoms with Crippen molar-refractivity contribution in [3.63, 3.8) is 0 Å². The highest BCUT2D eigenvalue weighted by atomic mass is 16.3. The van der Waals surface area contributed by atoms with Crippen molar-refractivity contribution in [2.45, 2.75) is 32.7 Å². The number of aromatic hydroxyl groups is 1. The van der Waals surface area contributed by atoms with Crippen molar-refractivity contribution in [1.29, 1.82) is 0 Å². The van der Waals surface area contributed by atoms with E-state index in [2.05, 4.69) is 36.6 Å². The van der Waals surface area contributed by atoms with E-state index in [-0.39, 0.29) is 45.7 Å². The lowest BCUT2D eigenvalue weighted by atomic mass is 9.70. The Hall–Kier alpha value is -3.61. The molecule has 0 heterocycles. The summed E-state index contributed by atoms with van der Waals surface area (Å²) >= 11 is 0. The summed E-state index contributed by atoms with van der Waals surface area (Å²) in [6.07, 6.45) is 1.90. The molecule has 7 nitrogen and oxygen atoms in total. The zero-order chi connectivity index (χ0) is 23.2. The van der Waals surface area contributed by atoms with E-state index >= 15 is 0 Å². The minimum absolute atomic E-state index is 0.0959. The Morgan fingerprint density at radius 2 is 1.72 bits per heavy atom. The maximum absolute atomic E-state index is 12.5. The van der Waals surface area contributed by atoms with Crippen LogP contribution in [-0.4, -0.2) is 30.0 Å². The van der Waals surface area contributed by atoms with E-state index in [4.69, 9.17) is 0 Å². The van der Waals surface area contributed by atoms with Gasteiger partial charge < -0.3 is 20.6 Å². The van der Waals surface area contributed by atoms with Crippen molar-refractivity contribution in [2.75, 3.05) is 24.7 Å². The van der Waals surface area contributed by atoms with Gasteiger partial charge in [-0.25, -0.2) is 0 Å². The molecule has 0 bridgehead atoms. The standard InChI is InChI=1S/C25H27N3O4/c1-25(2)13-12-14-8-5-6-9-15(14)23(25)27-19-18(21(30)22(19)31)26-17-11-7-10-16(20(17)29)24(32)28(3)4/h5-11,23,26-27,29H,12-13H2,1-4H3. The van der Waals surface area contributed by atoms with Crippen molar-refractivity contribution < 1.29 is 9.90 Å². The molecule has 3 aromatic carbocycles. The molecule has 3 N–H and O–H groups in total. The number of amides is 1. The molecular formula is C25H27N3O4. The average molecular weight is 434 g/mol. The molecule has 1 aliphatic rings. The third kappa shape index (κ3) is 3.53. The van der Waals surface area contributed by atoms with Crippen LogP contribution in [0.5, 0.6) is 5.75 Å². The number of para-hydroxylation sites is 1. The van der Waals surface area contributed by atoms with Gasteiger partial charge in [0.1, 0.15) is 11.4 Å². The fraction of sp³-hybridized carbons (Fsp3) is 0.320. The number of phenolic OH excluding ortho intramolecular Hbond substituents is 1. The Kier molecular flexibility index (Phi) is 5.28. The molecule has 7 heteroatoms. The van der Waals surface area contributed by atoms with Crippen molar-refractivity contribution in [3.05, 3.63) is 79.6 Å². The first-order valence-corrected chi connectivity index (χ1v) is 10.6. The summed E-state index contributed by atoms with van der Waals surface area (Å²) in [6.45, 7) is 4.28. The summed E-state index contributed by atoms with van der Waals surface area (Å²) in [4.78, 5) is 38.5. The zero-order valence-electron chi connectivity index (χ0n) is 18.7. The van der Waals surface area contributed by atoms with Gasteiger partial charge in [0.25, 0.3) is 16.8 Å². The molecule has 0 spiro atoms. The van der Waals surface area contributed by atoms with Gasteiger partial charge in [-0.15, -0.1) is 0 Å². The molecule has 0 saturated heterocycles. The lowest BCUT2D eigenvalue weighted by molar-refractivity contribution is 0.0824. The maximum Gasteiger partial charge on any atom is 0.257 e. The van der Waals surface area contributed by atoms with E-state index in [0.717, 1.165) is 18.4 Å². The number of carbonyl (C=O) groups excluding carboxylic acids is 1. The third-order valence-electron chi connectivity index (χ3n) is 6.32. The Morgan fingerprint density at radius 1 is 1.03 bits per heavy atom. The number of fused-ring (bicyclic) bond motifs is 1. The number of nitrogens with one attached hydrogen (secondary N) is 2. The van der Waals surface area contributed by atoms with E-state index in [1.54, 1.807) is 26.2 Å². The monoisotopic (exact) mass is 433 g/mol. The highest BCUT2D eigenvalue weighted by Crippen LogP contribution is 2.45. The number of carbonyl (C=O) groups is 1. The first-order chi connectivity index (χ1) is 15.1. The molecule has 1 unspecified atom stereocenters. The van der Waals surface area contributed by atoms with Gasteiger partial charge in [0, 0.05) is 14.1 Å². The number of anilines is 3. The van der Waals surface area contributed by atoms with Gasteiger partial charge in [0.15, 0.2) is 5.75 Å². The summed E-state index contributed by atoms with van der Waals surface area (Å²) < 4.78 is 0. The summed E-state index contributed by atoms with van der Waals surface area (Å²) in [6, 6.07) is 12.6. The first kappa shape index (κ1) is 21.6. The predicted octanol–water partition coefficient (Wildman–Crippen LogP) is 3.56. The normalized spacial score (nSPS) is 16.9. The van der Waals surface area contributed by atoms with Crippen molar-refractivity contribution in [3.8, 4) is 5.75 Å². The van der Waals surface area contributed by atoms with Crippen LogP contribution in [0.15, 0.2) is 52.1 Å². The topological polar surface area (TPSA) is 98.7 Å². The van der Waals surface area contributed by atoms with Crippen LogP contribution in [0.25, 0.3) is 0 Å². The van der Waals surface area contributed by atoms with Crippen LogP contribution in [-0.2, 0) is 6.42 Å². The van der Waals surface area contributed by atoms with E-state index < -0.39 is 10.9 Å².